The average Bonchev–Trinajstić information content (AvgIpc) is 2.53. The fourth-order valence-electron chi connectivity index (χ4n) is 2.04. The Kier molecular flexibility index (Phi) is 5.57. The van der Waals surface area contributed by atoms with Crippen LogP contribution in [-0.2, 0) is 9.53 Å². The van der Waals surface area contributed by atoms with Gasteiger partial charge >= 0.3 is 5.97 Å². The Morgan fingerprint density at radius 3 is 2.58 bits per heavy atom. The maximum Gasteiger partial charge on any atom is 0.341 e. The molecule has 1 amide bonds. The first-order valence-corrected chi connectivity index (χ1v) is 7.70. The first kappa shape index (κ1) is 17.9. The molecule has 0 saturated carbocycles. The number of ether oxygens (including phenoxy) is 1. The third-order valence-corrected chi connectivity index (χ3v) is 3.69. The fourth-order valence-corrected chi connectivity index (χ4v) is 2.21. The third kappa shape index (κ3) is 4.32. The maximum atomic E-state index is 13.7. The van der Waals surface area contributed by atoms with Gasteiger partial charge in [0.25, 0.3) is 5.91 Å². The lowest BCUT2D eigenvalue weighted by atomic mass is 10.1. The van der Waals surface area contributed by atoms with Crippen LogP contribution in [0.3, 0.4) is 0 Å². The summed E-state index contributed by atoms with van der Waals surface area (Å²) < 4.78 is 18.7. The number of hydrogen-bond acceptors (Lipinski definition) is 3. The fraction of sp³-hybridized carbons (Fsp3) is 0.222. The summed E-state index contributed by atoms with van der Waals surface area (Å²) in [5.41, 5.74) is 2.20. The van der Waals surface area contributed by atoms with Crippen LogP contribution in [0.5, 0.6) is 0 Å². The normalized spacial score (nSPS) is 11.7. The number of rotatable bonds is 4. The van der Waals surface area contributed by atoms with Crippen molar-refractivity contribution in [1.29, 1.82) is 0 Å². The number of carbonyl (C=O) groups is 2. The smallest absolute Gasteiger partial charge is 0.341 e. The van der Waals surface area contributed by atoms with Crippen LogP contribution in [0.1, 0.15) is 28.4 Å². The summed E-state index contributed by atoms with van der Waals surface area (Å²) in [5.74, 6) is -2.20. The average molecular weight is 350 g/mol. The molecular formula is C18H17ClFNO3. The van der Waals surface area contributed by atoms with Crippen molar-refractivity contribution < 1.29 is 18.7 Å². The first-order chi connectivity index (χ1) is 11.3. The van der Waals surface area contributed by atoms with Gasteiger partial charge in [-0.2, -0.15) is 0 Å². The molecule has 0 fully saturated rings. The van der Waals surface area contributed by atoms with E-state index in [1.54, 1.807) is 0 Å². The Labute approximate surface area is 144 Å². The highest BCUT2D eigenvalue weighted by Crippen LogP contribution is 2.18. The molecule has 126 valence electrons. The van der Waals surface area contributed by atoms with E-state index in [1.807, 2.05) is 32.0 Å². The molecule has 0 aliphatic rings. The highest BCUT2D eigenvalue weighted by molar-refractivity contribution is 6.30. The van der Waals surface area contributed by atoms with E-state index >= 15 is 0 Å². The summed E-state index contributed by atoms with van der Waals surface area (Å²) in [4.78, 5) is 24.2. The SMILES string of the molecule is Cc1ccc(C)c(NC(=O)[C@@H](C)OC(=O)c2cc(Cl)ccc2F)c1. The highest BCUT2D eigenvalue weighted by Gasteiger charge is 2.22. The van der Waals surface area contributed by atoms with Gasteiger partial charge in [0.1, 0.15) is 5.82 Å². The molecule has 4 nitrogen and oxygen atoms in total. The van der Waals surface area contributed by atoms with Crippen LogP contribution < -0.4 is 5.32 Å². The lowest BCUT2D eigenvalue weighted by Crippen LogP contribution is -2.30. The second kappa shape index (κ2) is 7.45. The number of carbonyl (C=O) groups excluding carboxylic acids is 2. The van der Waals surface area contributed by atoms with Crippen molar-refractivity contribution in [2.75, 3.05) is 5.32 Å². The Morgan fingerprint density at radius 2 is 1.88 bits per heavy atom. The van der Waals surface area contributed by atoms with E-state index < -0.39 is 23.8 Å². The molecule has 0 aliphatic carbocycles. The molecular weight excluding hydrogens is 333 g/mol. The van der Waals surface area contributed by atoms with Gasteiger partial charge in [-0.05, 0) is 56.2 Å². The van der Waals surface area contributed by atoms with Crippen molar-refractivity contribution in [2.24, 2.45) is 0 Å². The Hall–Kier alpha value is -2.40. The molecule has 0 bridgehead atoms. The van der Waals surface area contributed by atoms with Crippen molar-refractivity contribution in [3.05, 3.63) is 63.9 Å². The van der Waals surface area contributed by atoms with Crippen LogP contribution in [0, 0.1) is 19.7 Å². The molecule has 0 spiro atoms. The summed E-state index contributed by atoms with van der Waals surface area (Å²) in [5, 5.41) is 2.90. The zero-order valence-corrected chi connectivity index (χ0v) is 14.3. The quantitative estimate of drug-likeness (QED) is 0.838. The van der Waals surface area contributed by atoms with Crippen LogP contribution in [-0.4, -0.2) is 18.0 Å². The van der Waals surface area contributed by atoms with Crippen molar-refractivity contribution in [2.45, 2.75) is 26.9 Å². The number of esters is 1. The summed E-state index contributed by atoms with van der Waals surface area (Å²) in [7, 11) is 0. The van der Waals surface area contributed by atoms with Gasteiger partial charge in [0.05, 0.1) is 5.56 Å². The van der Waals surface area contributed by atoms with Crippen LogP contribution in [0.25, 0.3) is 0 Å². The van der Waals surface area contributed by atoms with Crippen molar-refractivity contribution in [3.63, 3.8) is 0 Å². The second-order valence-electron chi connectivity index (χ2n) is 5.48. The Bertz CT molecular complexity index is 792. The van der Waals surface area contributed by atoms with Gasteiger partial charge in [-0.15, -0.1) is 0 Å². The molecule has 2 aromatic carbocycles. The minimum atomic E-state index is -1.09. The lowest BCUT2D eigenvalue weighted by molar-refractivity contribution is -0.123. The summed E-state index contributed by atoms with van der Waals surface area (Å²) in [6, 6.07) is 9.18. The second-order valence-corrected chi connectivity index (χ2v) is 5.92. The molecule has 0 unspecified atom stereocenters. The van der Waals surface area contributed by atoms with E-state index in [0.29, 0.717) is 5.69 Å². The minimum Gasteiger partial charge on any atom is -0.449 e. The third-order valence-electron chi connectivity index (χ3n) is 3.45. The number of benzene rings is 2. The van der Waals surface area contributed by atoms with Gasteiger partial charge in [0.2, 0.25) is 0 Å². The minimum absolute atomic E-state index is 0.204. The molecule has 2 aromatic rings. The predicted octanol–water partition coefficient (Wildman–Crippen LogP) is 4.28. The number of hydrogen-bond donors (Lipinski definition) is 1. The zero-order valence-electron chi connectivity index (χ0n) is 13.5. The van der Waals surface area contributed by atoms with Gasteiger partial charge in [-0.1, -0.05) is 23.7 Å². The van der Waals surface area contributed by atoms with E-state index in [-0.39, 0.29) is 10.6 Å². The van der Waals surface area contributed by atoms with Gasteiger partial charge in [-0.25, -0.2) is 9.18 Å². The molecule has 1 N–H and O–H groups in total. The molecule has 0 aromatic heterocycles. The molecule has 0 aliphatic heterocycles. The first-order valence-electron chi connectivity index (χ1n) is 7.32. The van der Waals surface area contributed by atoms with Crippen molar-refractivity contribution >= 4 is 29.2 Å². The lowest BCUT2D eigenvalue weighted by Gasteiger charge is -2.15. The van der Waals surface area contributed by atoms with Crippen LogP contribution in [0.4, 0.5) is 10.1 Å². The van der Waals surface area contributed by atoms with Crippen LogP contribution >= 0.6 is 11.6 Å². The van der Waals surface area contributed by atoms with Gasteiger partial charge in [0, 0.05) is 10.7 Å². The van der Waals surface area contributed by atoms with Crippen LogP contribution in [0.2, 0.25) is 5.02 Å². The molecule has 1 atom stereocenters. The van der Waals surface area contributed by atoms with Crippen molar-refractivity contribution in [1.82, 2.24) is 0 Å². The molecule has 6 heteroatoms. The van der Waals surface area contributed by atoms with E-state index in [0.717, 1.165) is 23.3 Å². The maximum absolute atomic E-state index is 13.7. The summed E-state index contributed by atoms with van der Waals surface area (Å²) in [6.45, 7) is 5.17. The highest BCUT2D eigenvalue weighted by atomic mass is 35.5. The molecule has 2 rings (SSSR count). The summed E-state index contributed by atoms with van der Waals surface area (Å²) in [6.07, 6.45) is -1.09. The molecule has 24 heavy (non-hydrogen) atoms. The molecule has 0 saturated heterocycles. The van der Waals surface area contributed by atoms with E-state index in [2.05, 4.69) is 5.32 Å². The van der Waals surface area contributed by atoms with E-state index in [9.17, 15) is 14.0 Å². The Morgan fingerprint density at radius 1 is 1.17 bits per heavy atom. The van der Waals surface area contributed by atoms with Crippen molar-refractivity contribution in [3.8, 4) is 0 Å². The number of anilines is 1. The zero-order chi connectivity index (χ0) is 17.9. The topological polar surface area (TPSA) is 55.4 Å². The van der Waals surface area contributed by atoms with Crippen LogP contribution in [0.15, 0.2) is 36.4 Å². The van der Waals surface area contributed by atoms with E-state index in [1.165, 1.54) is 13.0 Å². The monoisotopic (exact) mass is 349 g/mol. The number of aryl methyl sites for hydroxylation is 2. The standard InChI is InChI=1S/C18H17ClFNO3/c1-10-4-5-11(2)16(8-10)21-17(22)12(3)24-18(23)14-9-13(19)6-7-15(14)20/h4-9,12H,1-3H3,(H,21,22)/t12-/m1/s1. The number of nitrogens with one attached hydrogen (secondary N) is 1. The number of amides is 1. The summed E-state index contributed by atoms with van der Waals surface area (Å²) >= 11 is 5.75. The van der Waals surface area contributed by atoms with E-state index in [4.69, 9.17) is 16.3 Å². The number of halogens is 2. The Balaban J connectivity index is 2.07. The molecule has 0 radical (unpaired) electrons. The largest absolute Gasteiger partial charge is 0.449 e. The van der Waals surface area contributed by atoms with Gasteiger partial charge in [0.15, 0.2) is 6.10 Å². The van der Waals surface area contributed by atoms with Gasteiger partial charge in [-0.3, -0.25) is 4.79 Å². The van der Waals surface area contributed by atoms with Gasteiger partial charge < -0.3 is 10.1 Å². The molecule has 0 heterocycles. The predicted molar refractivity (Wildman–Crippen MR) is 90.8 cm³/mol.